The van der Waals surface area contributed by atoms with Gasteiger partial charge in [0.2, 0.25) is 0 Å². The molecule has 0 saturated heterocycles. The molecule has 6 heteroatoms. The summed E-state index contributed by atoms with van der Waals surface area (Å²) in [6.45, 7) is 5.29. The first kappa shape index (κ1) is 14.4. The number of nitrogens with one attached hydrogen (secondary N) is 1. The number of carboxylic acids is 1. The summed E-state index contributed by atoms with van der Waals surface area (Å²) in [5.74, 6) is -0.672. The molecule has 1 heterocycles. The van der Waals surface area contributed by atoms with Crippen molar-refractivity contribution in [2.75, 3.05) is 11.9 Å². The number of carbonyl (C=O) groups is 2. The first-order valence-corrected chi connectivity index (χ1v) is 5.45. The number of anilines is 1. The smallest absolute Gasteiger partial charge is 0.413 e. The summed E-state index contributed by atoms with van der Waals surface area (Å²) in [6.07, 6.45) is 4.73. The van der Waals surface area contributed by atoms with E-state index >= 15 is 0 Å². The molecule has 0 atom stereocenters. The highest BCUT2D eigenvalue weighted by Crippen LogP contribution is 2.14. The maximum atomic E-state index is 11.3. The number of carbonyl (C=O) groups excluding carboxylic acids is 1. The van der Waals surface area contributed by atoms with Crippen LogP contribution in [0.3, 0.4) is 0 Å². The van der Waals surface area contributed by atoms with E-state index in [4.69, 9.17) is 9.84 Å². The van der Waals surface area contributed by atoms with Crippen LogP contribution < -0.4 is 5.32 Å². The van der Waals surface area contributed by atoms with Crippen molar-refractivity contribution in [2.24, 2.45) is 0 Å². The molecule has 0 aliphatic rings. The molecule has 0 aromatic carbocycles. The van der Waals surface area contributed by atoms with Crippen molar-refractivity contribution < 1.29 is 19.4 Å². The average Bonchev–Trinajstić information content (AvgIpc) is 2.36. The summed E-state index contributed by atoms with van der Waals surface area (Å²) in [6, 6.07) is 1.70. The van der Waals surface area contributed by atoms with E-state index in [9.17, 15) is 9.59 Å². The van der Waals surface area contributed by atoms with Gasteiger partial charge in [-0.15, -0.1) is 0 Å². The maximum absolute atomic E-state index is 11.3. The van der Waals surface area contributed by atoms with Crippen LogP contribution >= 0.6 is 0 Å². The van der Waals surface area contributed by atoms with Crippen LogP contribution in [0.4, 0.5) is 10.6 Å². The van der Waals surface area contributed by atoms with Crippen molar-refractivity contribution in [3.63, 3.8) is 0 Å². The molecule has 0 fully saturated rings. The molecule has 6 nitrogen and oxygen atoms in total. The van der Waals surface area contributed by atoms with Crippen LogP contribution in [0.2, 0.25) is 0 Å². The predicted octanol–water partition coefficient (Wildman–Crippen LogP) is 2.22. The van der Waals surface area contributed by atoms with Crippen molar-refractivity contribution in [2.45, 2.75) is 6.92 Å². The molecule has 0 unspecified atom stereocenters. The van der Waals surface area contributed by atoms with Crippen LogP contribution in [-0.4, -0.2) is 28.8 Å². The number of pyridine rings is 1. The number of nitrogens with zero attached hydrogens (tertiary/aromatic N) is 1. The van der Waals surface area contributed by atoms with Gasteiger partial charge in [0.15, 0.2) is 0 Å². The van der Waals surface area contributed by atoms with Gasteiger partial charge in [0.05, 0.1) is 0 Å². The first-order chi connectivity index (χ1) is 9.02. The topological polar surface area (TPSA) is 88.5 Å². The number of aromatic nitrogens is 1. The Bertz CT molecular complexity index is 523. The van der Waals surface area contributed by atoms with Crippen molar-refractivity contribution in [1.29, 1.82) is 0 Å². The van der Waals surface area contributed by atoms with Gasteiger partial charge in [-0.25, -0.2) is 14.6 Å². The number of carboxylic acid groups (broad SMARTS) is 1. The van der Waals surface area contributed by atoms with Crippen LogP contribution in [0.1, 0.15) is 11.1 Å². The zero-order valence-corrected chi connectivity index (χ0v) is 10.4. The molecule has 0 spiro atoms. The molecule has 19 heavy (non-hydrogen) atoms. The number of aryl methyl sites for hydroxylation is 1. The summed E-state index contributed by atoms with van der Waals surface area (Å²) in [4.78, 5) is 25.7. The fourth-order valence-corrected chi connectivity index (χ4v) is 1.25. The van der Waals surface area contributed by atoms with E-state index in [1.54, 1.807) is 13.0 Å². The molecule has 1 amide bonds. The molecule has 1 aromatic heterocycles. The molecule has 0 saturated carbocycles. The SMILES string of the molecule is C=CCOC(=O)Nc1ncc(/C=C/C(=O)O)cc1C. The van der Waals surface area contributed by atoms with E-state index in [1.165, 1.54) is 18.3 Å². The third kappa shape index (κ3) is 5.03. The van der Waals surface area contributed by atoms with Crippen molar-refractivity contribution >= 4 is 24.0 Å². The van der Waals surface area contributed by atoms with Crippen molar-refractivity contribution in [3.05, 3.63) is 42.1 Å². The van der Waals surface area contributed by atoms with Crippen LogP contribution in [0.15, 0.2) is 31.0 Å². The Labute approximate surface area is 110 Å². The minimum Gasteiger partial charge on any atom is -0.478 e. The Hall–Kier alpha value is -2.63. The number of aliphatic carboxylic acids is 1. The second-order valence-electron chi connectivity index (χ2n) is 3.62. The molecular formula is C13H14N2O4. The molecule has 0 radical (unpaired) electrons. The largest absolute Gasteiger partial charge is 0.478 e. The molecule has 0 bridgehead atoms. The van der Waals surface area contributed by atoms with Crippen LogP contribution in [-0.2, 0) is 9.53 Å². The predicted molar refractivity (Wildman–Crippen MR) is 70.8 cm³/mol. The number of amides is 1. The van der Waals surface area contributed by atoms with Crippen LogP contribution in [0.25, 0.3) is 6.08 Å². The number of ether oxygens (including phenoxy) is 1. The third-order valence-corrected chi connectivity index (χ3v) is 2.07. The van der Waals surface area contributed by atoms with E-state index in [0.29, 0.717) is 16.9 Å². The van der Waals surface area contributed by atoms with Gasteiger partial charge in [-0.05, 0) is 30.2 Å². The lowest BCUT2D eigenvalue weighted by molar-refractivity contribution is -0.131. The lowest BCUT2D eigenvalue weighted by Gasteiger charge is -2.07. The van der Waals surface area contributed by atoms with Crippen molar-refractivity contribution in [1.82, 2.24) is 4.98 Å². The number of hydrogen-bond acceptors (Lipinski definition) is 4. The Morgan fingerprint density at radius 1 is 1.58 bits per heavy atom. The Kier molecular flexibility index (Phi) is 5.28. The molecular weight excluding hydrogens is 248 g/mol. The van der Waals surface area contributed by atoms with Gasteiger partial charge in [0.25, 0.3) is 0 Å². The maximum Gasteiger partial charge on any atom is 0.413 e. The lowest BCUT2D eigenvalue weighted by atomic mass is 10.2. The second-order valence-corrected chi connectivity index (χ2v) is 3.62. The Morgan fingerprint density at radius 3 is 2.89 bits per heavy atom. The Balaban J connectivity index is 2.74. The molecule has 1 aromatic rings. The summed E-state index contributed by atoms with van der Waals surface area (Å²) < 4.78 is 4.76. The van der Waals surface area contributed by atoms with Crippen LogP contribution in [0, 0.1) is 6.92 Å². The minimum absolute atomic E-state index is 0.115. The van der Waals surface area contributed by atoms with E-state index < -0.39 is 12.1 Å². The highest BCUT2D eigenvalue weighted by atomic mass is 16.5. The number of hydrogen-bond donors (Lipinski definition) is 2. The third-order valence-electron chi connectivity index (χ3n) is 2.07. The monoisotopic (exact) mass is 262 g/mol. The van der Waals surface area contributed by atoms with Gasteiger partial charge in [0, 0.05) is 12.3 Å². The van der Waals surface area contributed by atoms with E-state index in [1.807, 2.05) is 0 Å². The van der Waals surface area contributed by atoms with Gasteiger partial charge in [0.1, 0.15) is 12.4 Å². The van der Waals surface area contributed by atoms with Gasteiger partial charge < -0.3 is 9.84 Å². The fraction of sp³-hybridized carbons (Fsp3) is 0.154. The van der Waals surface area contributed by atoms with Gasteiger partial charge in [-0.3, -0.25) is 5.32 Å². The highest BCUT2D eigenvalue weighted by molar-refractivity contribution is 5.86. The first-order valence-electron chi connectivity index (χ1n) is 5.45. The average molecular weight is 262 g/mol. The molecule has 0 aliphatic heterocycles. The van der Waals surface area contributed by atoms with E-state index in [-0.39, 0.29) is 6.61 Å². The summed E-state index contributed by atoms with van der Waals surface area (Å²) in [5, 5.41) is 11.0. The van der Waals surface area contributed by atoms with Crippen molar-refractivity contribution in [3.8, 4) is 0 Å². The second kappa shape index (κ2) is 6.95. The summed E-state index contributed by atoms with van der Waals surface area (Å²) in [7, 11) is 0. The zero-order valence-electron chi connectivity index (χ0n) is 10.4. The standard InChI is InChI=1S/C13H14N2O4/c1-3-6-19-13(18)15-12-9(2)7-10(8-14-12)4-5-11(16)17/h3-5,7-8H,1,6H2,2H3,(H,16,17)(H,14,15,18)/b5-4+. The Morgan fingerprint density at radius 2 is 2.32 bits per heavy atom. The lowest BCUT2D eigenvalue weighted by Crippen LogP contribution is -2.15. The minimum atomic E-state index is -1.03. The molecule has 2 N–H and O–H groups in total. The number of rotatable bonds is 5. The quantitative estimate of drug-likeness (QED) is 0.627. The van der Waals surface area contributed by atoms with Gasteiger partial charge in [-0.2, -0.15) is 0 Å². The van der Waals surface area contributed by atoms with Gasteiger partial charge in [-0.1, -0.05) is 12.7 Å². The van der Waals surface area contributed by atoms with Gasteiger partial charge >= 0.3 is 12.1 Å². The highest BCUT2D eigenvalue weighted by Gasteiger charge is 2.06. The normalized spacial score (nSPS) is 10.2. The summed E-state index contributed by atoms with van der Waals surface area (Å²) >= 11 is 0. The zero-order chi connectivity index (χ0) is 14.3. The molecule has 0 aliphatic carbocycles. The summed E-state index contributed by atoms with van der Waals surface area (Å²) in [5.41, 5.74) is 1.33. The van der Waals surface area contributed by atoms with Crippen LogP contribution in [0.5, 0.6) is 0 Å². The fourth-order valence-electron chi connectivity index (χ4n) is 1.25. The van der Waals surface area contributed by atoms with E-state index in [2.05, 4.69) is 16.9 Å². The molecule has 1 rings (SSSR count). The van der Waals surface area contributed by atoms with E-state index in [0.717, 1.165) is 6.08 Å². The molecule has 100 valence electrons.